The van der Waals surface area contributed by atoms with Crippen molar-refractivity contribution >= 4 is 27.2 Å². The number of thiophene rings is 1. The molecule has 1 aliphatic heterocycles. The van der Waals surface area contributed by atoms with Gasteiger partial charge < -0.3 is 0 Å². The maximum atomic E-state index is 11.8. The average molecular weight is 278 g/mol. The van der Waals surface area contributed by atoms with Crippen LogP contribution in [0, 0.1) is 0 Å². The monoisotopic (exact) mass is 278 g/mol. The molecule has 0 bridgehead atoms. The summed E-state index contributed by atoms with van der Waals surface area (Å²) in [6, 6.07) is 8.84. The summed E-state index contributed by atoms with van der Waals surface area (Å²) in [6.45, 7) is 0.482. The van der Waals surface area contributed by atoms with Crippen molar-refractivity contribution in [1.82, 2.24) is 4.72 Å². The van der Waals surface area contributed by atoms with Crippen LogP contribution >= 0.6 is 11.3 Å². The van der Waals surface area contributed by atoms with E-state index in [0.29, 0.717) is 22.8 Å². The minimum atomic E-state index is -3.42. The lowest BCUT2D eigenvalue weighted by Crippen LogP contribution is -2.22. The van der Waals surface area contributed by atoms with Gasteiger partial charge in [0.25, 0.3) is 10.0 Å². The molecule has 92 valence electrons. The van der Waals surface area contributed by atoms with E-state index in [4.69, 9.17) is 0 Å². The van der Waals surface area contributed by atoms with Crippen LogP contribution in [0.2, 0.25) is 0 Å². The average Bonchev–Trinajstić information content (AvgIpc) is 2.95. The number of hydrogen-bond donors (Lipinski definition) is 1. The first kappa shape index (κ1) is 11.4. The van der Waals surface area contributed by atoms with E-state index in [2.05, 4.69) is 9.71 Å². The third-order valence-corrected chi connectivity index (χ3v) is 4.79. The molecule has 0 fully saturated rings. The van der Waals surface area contributed by atoms with Crippen LogP contribution in [0.15, 0.2) is 51.0 Å². The van der Waals surface area contributed by atoms with E-state index in [1.807, 2.05) is 22.9 Å². The van der Waals surface area contributed by atoms with E-state index in [1.165, 1.54) is 0 Å². The van der Waals surface area contributed by atoms with Gasteiger partial charge in [-0.15, -0.1) is 0 Å². The van der Waals surface area contributed by atoms with Crippen molar-refractivity contribution in [3.63, 3.8) is 0 Å². The van der Waals surface area contributed by atoms with Gasteiger partial charge in [-0.05, 0) is 34.5 Å². The molecule has 1 aromatic heterocycles. The number of nitrogens with zero attached hydrogens (tertiary/aromatic N) is 1. The Balaban J connectivity index is 1.99. The summed E-state index contributed by atoms with van der Waals surface area (Å²) >= 11 is 1.60. The molecule has 0 unspecified atom stereocenters. The molecular weight excluding hydrogens is 268 g/mol. The Morgan fingerprint density at radius 3 is 2.83 bits per heavy atom. The fourth-order valence-corrected chi connectivity index (χ4v) is 3.72. The second-order valence-electron chi connectivity index (χ2n) is 3.90. The molecule has 3 rings (SSSR count). The van der Waals surface area contributed by atoms with Crippen LogP contribution in [0.3, 0.4) is 0 Å². The van der Waals surface area contributed by atoms with Gasteiger partial charge in [-0.2, -0.15) is 11.3 Å². The van der Waals surface area contributed by atoms with Gasteiger partial charge in [0.2, 0.25) is 0 Å². The number of rotatable bonds is 2. The molecule has 18 heavy (non-hydrogen) atoms. The Morgan fingerprint density at radius 1 is 1.22 bits per heavy atom. The predicted molar refractivity (Wildman–Crippen MR) is 71.3 cm³/mol. The number of benzene rings is 1. The molecule has 0 aliphatic carbocycles. The van der Waals surface area contributed by atoms with Crippen molar-refractivity contribution in [2.45, 2.75) is 11.4 Å². The number of fused-ring (bicyclic) bond motifs is 1. The minimum absolute atomic E-state index is 0.300. The number of sulfonamides is 1. The van der Waals surface area contributed by atoms with Crippen molar-refractivity contribution in [3.05, 3.63) is 52.2 Å². The van der Waals surface area contributed by atoms with E-state index in [9.17, 15) is 8.42 Å². The quantitative estimate of drug-likeness (QED) is 0.913. The molecule has 1 aliphatic rings. The van der Waals surface area contributed by atoms with Crippen LogP contribution in [-0.2, 0) is 16.6 Å². The van der Waals surface area contributed by atoms with Crippen LogP contribution in [0.25, 0.3) is 0 Å². The number of amidine groups is 1. The van der Waals surface area contributed by atoms with Gasteiger partial charge in [0.05, 0.1) is 11.4 Å². The van der Waals surface area contributed by atoms with E-state index in [-0.39, 0.29) is 0 Å². The van der Waals surface area contributed by atoms with E-state index in [0.717, 1.165) is 5.56 Å². The third kappa shape index (κ3) is 1.93. The highest BCUT2D eigenvalue weighted by Crippen LogP contribution is 2.22. The lowest BCUT2D eigenvalue weighted by molar-refractivity contribution is 0.595. The first-order valence-corrected chi connectivity index (χ1v) is 7.77. The minimum Gasteiger partial charge on any atom is -0.263 e. The molecule has 4 nitrogen and oxygen atoms in total. The fraction of sp³-hybridized carbons (Fsp3) is 0.0833. The Labute approximate surface area is 109 Å². The van der Waals surface area contributed by atoms with E-state index in [1.54, 1.807) is 29.5 Å². The molecule has 2 aromatic rings. The van der Waals surface area contributed by atoms with Crippen molar-refractivity contribution in [2.24, 2.45) is 4.99 Å². The summed E-state index contributed by atoms with van der Waals surface area (Å²) in [6.07, 6.45) is 0. The third-order valence-electron chi connectivity index (χ3n) is 2.66. The Morgan fingerprint density at radius 2 is 2.06 bits per heavy atom. The molecule has 0 radical (unpaired) electrons. The first-order chi connectivity index (χ1) is 8.67. The second kappa shape index (κ2) is 4.22. The number of hydrogen-bond acceptors (Lipinski definition) is 4. The van der Waals surface area contributed by atoms with Crippen LogP contribution in [0.4, 0.5) is 0 Å². The van der Waals surface area contributed by atoms with Crippen molar-refractivity contribution < 1.29 is 8.42 Å². The fourth-order valence-electron chi connectivity index (χ4n) is 1.80. The molecule has 1 aromatic carbocycles. The maximum Gasteiger partial charge on any atom is 0.263 e. The van der Waals surface area contributed by atoms with E-state index >= 15 is 0 Å². The van der Waals surface area contributed by atoms with Gasteiger partial charge in [0.1, 0.15) is 5.84 Å². The summed E-state index contributed by atoms with van der Waals surface area (Å²) in [5, 5.41) is 3.97. The largest absolute Gasteiger partial charge is 0.263 e. The number of nitrogens with one attached hydrogen (secondary N) is 1. The smallest absolute Gasteiger partial charge is 0.263 e. The molecule has 0 spiro atoms. The standard InChI is InChI=1S/C12H10N2O2S2/c15-18(16)11-4-2-1-3-10(11)12(14-18)13-7-9-5-6-17-8-9/h1-6,8H,7H2,(H,13,14). The van der Waals surface area contributed by atoms with Gasteiger partial charge in [-0.25, -0.2) is 8.42 Å². The van der Waals surface area contributed by atoms with Gasteiger partial charge in [0, 0.05) is 5.56 Å². The summed E-state index contributed by atoms with van der Waals surface area (Å²) < 4.78 is 26.2. The SMILES string of the molecule is O=S1(=O)NC(=NCc2ccsc2)c2ccccc21. The summed E-state index contributed by atoms with van der Waals surface area (Å²) in [5.74, 6) is 0.428. The van der Waals surface area contributed by atoms with Crippen LogP contribution < -0.4 is 4.72 Å². The molecular formula is C12H10N2O2S2. The van der Waals surface area contributed by atoms with Crippen LogP contribution in [0.5, 0.6) is 0 Å². The summed E-state index contributed by atoms with van der Waals surface area (Å²) in [5.41, 5.74) is 1.73. The maximum absolute atomic E-state index is 11.8. The second-order valence-corrected chi connectivity index (χ2v) is 6.33. The molecule has 2 heterocycles. The number of aliphatic imine (C=N–C) groups is 1. The summed E-state index contributed by atoms with van der Waals surface area (Å²) in [4.78, 5) is 4.64. The zero-order valence-corrected chi connectivity index (χ0v) is 11.0. The summed E-state index contributed by atoms with van der Waals surface area (Å²) in [7, 11) is -3.42. The first-order valence-electron chi connectivity index (χ1n) is 5.34. The molecule has 1 N–H and O–H groups in total. The topological polar surface area (TPSA) is 58.5 Å². The zero-order chi connectivity index (χ0) is 12.6. The normalized spacial score (nSPS) is 18.6. The van der Waals surface area contributed by atoms with Crippen LogP contribution in [-0.4, -0.2) is 14.3 Å². The Bertz CT molecular complexity index is 703. The highest BCUT2D eigenvalue weighted by Gasteiger charge is 2.29. The van der Waals surface area contributed by atoms with Crippen molar-refractivity contribution in [3.8, 4) is 0 Å². The molecule has 0 amide bonds. The van der Waals surface area contributed by atoms with Crippen LogP contribution in [0.1, 0.15) is 11.1 Å². The van der Waals surface area contributed by atoms with E-state index < -0.39 is 10.0 Å². The van der Waals surface area contributed by atoms with Gasteiger partial charge in [0.15, 0.2) is 0 Å². The van der Waals surface area contributed by atoms with Gasteiger partial charge >= 0.3 is 0 Å². The molecule has 6 heteroatoms. The zero-order valence-electron chi connectivity index (χ0n) is 9.33. The molecule has 0 atom stereocenters. The van der Waals surface area contributed by atoms with Gasteiger partial charge in [-0.3, -0.25) is 9.71 Å². The van der Waals surface area contributed by atoms with Crippen molar-refractivity contribution in [2.75, 3.05) is 0 Å². The predicted octanol–water partition coefficient (Wildman–Crippen LogP) is 1.99. The highest BCUT2D eigenvalue weighted by atomic mass is 32.2. The Hall–Kier alpha value is -1.66. The van der Waals surface area contributed by atoms with Crippen molar-refractivity contribution in [1.29, 1.82) is 0 Å². The highest BCUT2D eigenvalue weighted by molar-refractivity contribution is 7.90. The Kier molecular flexibility index (Phi) is 2.68. The van der Waals surface area contributed by atoms with Gasteiger partial charge in [-0.1, -0.05) is 12.1 Å². The lowest BCUT2D eigenvalue weighted by atomic mass is 10.2. The lowest BCUT2D eigenvalue weighted by Gasteiger charge is -1.97. The molecule has 0 saturated heterocycles. The molecule has 0 saturated carbocycles.